The van der Waals surface area contributed by atoms with Gasteiger partial charge in [0.2, 0.25) is 0 Å². The van der Waals surface area contributed by atoms with Crippen molar-refractivity contribution < 1.29 is 17.9 Å². The summed E-state index contributed by atoms with van der Waals surface area (Å²) in [5.74, 6) is 0.583. The van der Waals surface area contributed by atoms with Crippen LogP contribution in [0.2, 0.25) is 0 Å². The Hall–Kier alpha value is -0.360. The van der Waals surface area contributed by atoms with Crippen LogP contribution in [0.3, 0.4) is 0 Å². The Bertz CT molecular complexity index is 343. The van der Waals surface area contributed by atoms with Gasteiger partial charge in [-0.2, -0.15) is 13.2 Å². The number of benzene rings is 1. The van der Waals surface area contributed by atoms with Gasteiger partial charge in [0.1, 0.15) is 10.6 Å². The smallest absolute Gasteiger partial charge is 0.402 e. The van der Waals surface area contributed by atoms with Crippen molar-refractivity contribution in [2.45, 2.75) is 15.9 Å². The molecule has 0 saturated heterocycles. The van der Waals surface area contributed by atoms with Crippen LogP contribution in [0.15, 0.2) is 29.2 Å². The molecule has 0 aliphatic heterocycles. The molecule has 0 aliphatic rings. The van der Waals surface area contributed by atoms with Crippen LogP contribution in [0.25, 0.3) is 0 Å². The minimum absolute atomic E-state index is 0.0589. The largest absolute Gasteiger partial charge is 0.497 e. The molecule has 0 bridgehead atoms. The van der Waals surface area contributed by atoms with Crippen LogP contribution in [0.5, 0.6) is 5.75 Å². The van der Waals surface area contributed by atoms with Crippen LogP contribution in [0.1, 0.15) is 0 Å². The van der Waals surface area contributed by atoms with Gasteiger partial charge in [-0.25, -0.2) is 0 Å². The SMILES string of the molecule is COc1cccc(SCC(Br)C(F)(F)F)c1. The maximum atomic E-state index is 12.2. The summed E-state index contributed by atoms with van der Waals surface area (Å²) < 4.78 is 41.6. The Morgan fingerprint density at radius 2 is 2.12 bits per heavy atom. The van der Waals surface area contributed by atoms with Gasteiger partial charge in [-0.05, 0) is 18.2 Å². The minimum atomic E-state index is -4.20. The zero-order chi connectivity index (χ0) is 12.2. The van der Waals surface area contributed by atoms with E-state index < -0.39 is 11.0 Å². The molecule has 0 amide bonds. The quantitative estimate of drug-likeness (QED) is 0.611. The summed E-state index contributed by atoms with van der Waals surface area (Å²) in [6.07, 6.45) is -4.20. The fourth-order valence-corrected chi connectivity index (χ4v) is 2.25. The number of halogens is 4. The third kappa shape index (κ3) is 4.25. The van der Waals surface area contributed by atoms with Crippen LogP contribution in [0.4, 0.5) is 13.2 Å². The Kier molecular flexibility index (Phi) is 4.98. The molecule has 0 fully saturated rings. The van der Waals surface area contributed by atoms with Crippen molar-refractivity contribution in [1.29, 1.82) is 0 Å². The molecule has 1 unspecified atom stereocenters. The van der Waals surface area contributed by atoms with E-state index in [1.165, 1.54) is 7.11 Å². The zero-order valence-corrected chi connectivity index (χ0v) is 10.8. The lowest BCUT2D eigenvalue weighted by Crippen LogP contribution is -2.24. The Morgan fingerprint density at radius 3 is 2.69 bits per heavy atom. The van der Waals surface area contributed by atoms with E-state index >= 15 is 0 Å². The van der Waals surface area contributed by atoms with E-state index in [9.17, 15) is 13.2 Å². The van der Waals surface area contributed by atoms with Crippen molar-refractivity contribution in [2.24, 2.45) is 0 Å². The fourth-order valence-electron chi connectivity index (χ4n) is 0.955. The fraction of sp³-hybridized carbons (Fsp3) is 0.400. The van der Waals surface area contributed by atoms with E-state index in [2.05, 4.69) is 15.9 Å². The zero-order valence-electron chi connectivity index (χ0n) is 8.42. The highest BCUT2D eigenvalue weighted by atomic mass is 79.9. The standard InChI is InChI=1S/C10H10BrF3OS/c1-15-7-3-2-4-8(5-7)16-6-9(11)10(12,13)14/h2-5,9H,6H2,1H3. The van der Waals surface area contributed by atoms with Crippen LogP contribution in [0, 0.1) is 0 Å². The van der Waals surface area contributed by atoms with Gasteiger partial charge in [0, 0.05) is 10.6 Å². The van der Waals surface area contributed by atoms with E-state index in [1.54, 1.807) is 24.3 Å². The number of rotatable bonds is 4. The Morgan fingerprint density at radius 1 is 1.44 bits per heavy atom. The molecule has 16 heavy (non-hydrogen) atoms. The summed E-state index contributed by atoms with van der Waals surface area (Å²) in [5, 5.41) is 0. The van der Waals surface area contributed by atoms with Crippen molar-refractivity contribution in [3.8, 4) is 5.75 Å². The molecule has 1 nitrogen and oxygen atoms in total. The van der Waals surface area contributed by atoms with Crippen molar-refractivity contribution in [1.82, 2.24) is 0 Å². The number of ether oxygens (including phenoxy) is 1. The first-order valence-electron chi connectivity index (χ1n) is 4.41. The van der Waals surface area contributed by atoms with Crippen molar-refractivity contribution in [3.05, 3.63) is 24.3 Å². The third-order valence-corrected chi connectivity index (χ3v) is 4.15. The average Bonchev–Trinajstić information content (AvgIpc) is 2.25. The second-order valence-corrected chi connectivity index (χ2v) is 5.20. The van der Waals surface area contributed by atoms with Gasteiger partial charge in [-0.15, -0.1) is 11.8 Å². The van der Waals surface area contributed by atoms with Gasteiger partial charge >= 0.3 is 6.18 Å². The molecule has 1 rings (SSSR count). The summed E-state index contributed by atoms with van der Waals surface area (Å²) in [4.78, 5) is -0.732. The molecular weight excluding hydrogens is 305 g/mol. The predicted octanol–water partition coefficient (Wildman–Crippen LogP) is 4.11. The maximum Gasteiger partial charge on any atom is 0.402 e. The highest BCUT2D eigenvalue weighted by molar-refractivity contribution is 9.09. The molecule has 0 aromatic heterocycles. The van der Waals surface area contributed by atoms with Crippen LogP contribution in [-0.2, 0) is 0 Å². The van der Waals surface area contributed by atoms with Gasteiger partial charge < -0.3 is 4.74 Å². The first kappa shape index (κ1) is 13.7. The topological polar surface area (TPSA) is 9.23 Å². The lowest BCUT2D eigenvalue weighted by molar-refractivity contribution is -0.122. The van der Waals surface area contributed by atoms with E-state index in [0.717, 1.165) is 16.7 Å². The summed E-state index contributed by atoms with van der Waals surface area (Å²) in [5.41, 5.74) is 0. The number of hydrogen-bond donors (Lipinski definition) is 0. The Balaban J connectivity index is 2.54. The van der Waals surface area contributed by atoms with E-state index in [1.807, 2.05) is 0 Å². The number of alkyl halides is 4. The van der Waals surface area contributed by atoms with Gasteiger partial charge in [0.25, 0.3) is 0 Å². The van der Waals surface area contributed by atoms with E-state index in [4.69, 9.17) is 4.74 Å². The molecule has 90 valence electrons. The van der Waals surface area contributed by atoms with Crippen molar-refractivity contribution >= 4 is 27.7 Å². The molecule has 0 N–H and O–H groups in total. The second-order valence-electron chi connectivity index (χ2n) is 3.00. The van der Waals surface area contributed by atoms with Crippen molar-refractivity contribution in [3.63, 3.8) is 0 Å². The number of hydrogen-bond acceptors (Lipinski definition) is 2. The van der Waals surface area contributed by atoms with E-state index in [-0.39, 0.29) is 5.75 Å². The molecule has 0 saturated carbocycles. The lowest BCUT2D eigenvalue weighted by Gasteiger charge is -2.13. The second kappa shape index (κ2) is 5.82. The minimum Gasteiger partial charge on any atom is -0.497 e. The van der Waals surface area contributed by atoms with Gasteiger partial charge in [0.05, 0.1) is 7.11 Å². The number of methoxy groups -OCH3 is 1. The molecule has 0 heterocycles. The van der Waals surface area contributed by atoms with Crippen LogP contribution in [-0.4, -0.2) is 23.9 Å². The molecule has 1 aromatic rings. The lowest BCUT2D eigenvalue weighted by atomic mass is 10.3. The van der Waals surface area contributed by atoms with Crippen LogP contribution < -0.4 is 4.74 Å². The monoisotopic (exact) mass is 314 g/mol. The highest BCUT2D eigenvalue weighted by Crippen LogP contribution is 2.32. The summed E-state index contributed by atoms with van der Waals surface area (Å²) in [7, 11) is 1.52. The summed E-state index contributed by atoms with van der Waals surface area (Å²) in [6.45, 7) is 0. The summed E-state index contributed by atoms with van der Waals surface area (Å²) in [6, 6.07) is 6.96. The highest BCUT2D eigenvalue weighted by Gasteiger charge is 2.37. The molecule has 1 atom stereocenters. The molecule has 1 aromatic carbocycles. The predicted molar refractivity (Wildman–Crippen MR) is 62.5 cm³/mol. The first-order valence-corrected chi connectivity index (χ1v) is 6.31. The maximum absolute atomic E-state index is 12.2. The van der Waals surface area contributed by atoms with Crippen LogP contribution >= 0.6 is 27.7 Å². The van der Waals surface area contributed by atoms with Gasteiger partial charge in [0.15, 0.2) is 0 Å². The third-order valence-electron chi connectivity index (χ3n) is 1.79. The average molecular weight is 315 g/mol. The van der Waals surface area contributed by atoms with E-state index in [0.29, 0.717) is 5.75 Å². The normalized spacial score (nSPS) is 13.6. The molecule has 6 heteroatoms. The summed E-state index contributed by atoms with van der Waals surface area (Å²) >= 11 is 3.75. The number of thioether (sulfide) groups is 1. The first-order chi connectivity index (χ1) is 7.43. The molecular formula is C10H10BrF3OS. The molecule has 0 aliphatic carbocycles. The van der Waals surface area contributed by atoms with Gasteiger partial charge in [-0.3, -0.25) is 0 Å². The van der Waals surface area contributed by atoms with Crippen molar-refractivity contribution in [2.75, 3.05) is 12.9 Å². The molecule has 0 radical (unpaired) electrons. The molecule has 0 spiro atoms. The van der Waals surface area contributed by atoms with Gasteiger partial charge in [-0.1, -0.05) is 22.0 Å². The Labute approximate surface area is 104 Å².